The van der Waals surface area contributed by atoms with Crippen molar-refractivity contribution in [3.63, 3.8) is 0 Å². The fourth-order valence-corrected chi connectivity index (χ4v) is 7.74. The van der Waals surface area contributed by atoms with Gasteiger partial charge in [0, 0.05) is 43.5 Å². The number of piperidine rings is 1. The number of likely N-dealkylation sites (tertiary alicyclic amines) is 1. The van der Waals surface area contributed by atoms with Crippen LogP contribution in [0.2, 0.25) is 0 Å². The van der Waals surface area contributed by atoms with Crippen molar-refractivity contribution < 1.29 is 27.8 Å². The van der Waals surface area contributed by atoms with Crippen LogP contribution in [0.1, 0.15) is 68.3 Å². The van der Waals surface area contributed by atoms with Crippen LogP contribution in [0.4, 0.5) is 18.9 Å². The van der Waals surface area contributed by atoms with Crippen molar-refractivity contribution in [1.29, 1.82) is 0 Å². The van der Waals surface area contributed by atoms with Gasteiger partial charge in [0.25, 0.3) is 0 Å². The molecule has 1 unspecified atom stereocenters. The molecule has 0 amide bonds. The number of halogens is 3. The van der Waals surface area contributed by atoms with Gasteiger partial charge in [-0.2, -0.15) is 0 Å². The Kier molecular flexibility index (Phi) is 9.09. The lowest BCUT2D eigenvalue weighted by atomic mass is 9.77. The Morgan fingerprint density at radius 1 is 1.00 bits per heavy atom. The standard InChI is InChI=1S/C37H44F3N3O3/c1-25-17-27-18-29(46-22-26-7-5-4-6-8-26)9-10-30(27)35(43(25)23-36(2,3)40)34-31(38)19-28(20-32(34)39)42-15-12-37(13-16-42)11-14-41(24-37)21-33(44)45/h4-10,18-20,25,35H,11-17,21-24H2,1-3H3,(H,44,45)/t25-,35?/m1/s1. The predicted octanol–water partition coefficient (Wildman–Crippen LogP) is 7.00. The number of carbonyl (C=O) groups is 1. The van der Waals surface area contributed by atoms with Gasteiger partial charge in [0.05, 0.1) is 12.6 Å². The second-order valence-electron chi connectivity index (χ2n) is 14.1. The minimum atomic E-state index is -1.57. The van der Waals surface area contributed by atoms with Crippen LogP contribution in [-0.2, 0) is 17.8 Å². The summed E-state index contributed by atoms with van der Waals surface area (Å²) in [5.74, 6) is -1.42. The first-order valence-electron chi connectivity index (χ1n) is 16.3. The van der Waals surface area contributed by atoms with Gasteiger partial charge in [-0.05, 0) is 99.4 Å². The van der Waals surface area contributed by atoms with Crippen LogP contribution in [-0.4, -0.2) is 71.9 Å². The number of carboxylic acids is 1. The second kappa shape index (κ2) is 12.9. The Hall–Kier alpha value is -3.56. The third kappa shape index (κ3) is 7.05. The zero-order valence-corrected chi connectivity index (χ0v) is 26.9. The minimum Gasteiger partial charge on any atom is -0.489 e. The summed E-state index contributed by atoms with van der Waals surface area (Å²) >= 11 is 0. The van der Waals surface area contributed by atoms with E-state index in [1.54, 1.807) is 0 Å². The smallest absolute Gasteiger partial charge is 0.317 e. The lowest BCUT2D eigenvalue weighted by Gasteiger charge is -2.44. The first-order chi connectivity index (χ1) is 21.9. The second-order valence-corrected chi connectivity index (χ2v) is 14.1. The Morgan fingerprint density at radius 3 is 2.33 bits per heavy atom. The van der Waals surface area contributed by atoms with E-state index in [2.05, 4.69) is 0 Å². The molecule has 6 nitrogen and oxygen atoms in total. The van der Waals surface area contributed by atoms with Crippen LogP contribution in [0.5, 0.6) is 5.75 Å². The van der Waals surface area contributed by atoms with Crippen LogP contribution in [0.15, 0.2) is 60.7 Å². The first-order valence-corrected chi connectivity index (χ1v) is 16.3. The predicted molar refractivity (Wildman–Crippen MR) is 173 cm³/mol. The highest BCUT2D eigenvalue weighted by molar-refractivity contribution is 5.69. The average molecular weight is 636 g/mol. The van der Waals surface area contributed by atoms with Crippen LogP contribution in [0, 0.1) is 17.0 Å². The number of carboxylic acid groups (broad SMARTS) is 1. The molecule has 0 bridgehead atoms. The monoisotopic (exact) mass is 635 g/mol. The van der Waals surface area contributed by atoms with Gasteiger partial charge in [-0.3, -0.25) is 14.6 Å². The number of alkyl halides is 1. The van der Waals surface area contributed by atoms with Crippen LogP contribution in [0.3, 0.4) is 0 Å². The molecule has 2 saturated heterocycles. The van der Waals surface area contributed by atoms with Gasteiger partial charge in [-0.15, -0.1) is 0 Å². The largest absolute Gasteiger partial charge is 0.489 e. The van der Waals surface area contributed by atoms with Gasteiger partial charge in [-0.1, -0.05) is 36.4 Å². The molecular formula is C37H44F3N3O3. The van der Waals surface area contributed by atoms with Gasteiger partial charge >= 0.3 is 5.97 Å². The highest BCUT2D eigenvalue weighted by Gasteiger charge is 2.42. The third-order valence-corrected chi connectivity index (χ3v) is 10.0. The molecule has 3 aliphatic heterocycles. The molecule has 1 spiro atoms. The SMILES string of the molecule is C[C@@H]1Cc2cc(OCc3ccccc3)ccc2C(c2c(F)cc(N3CCC4(CCN(CC(=O)O)C4)CC3)cc2F)N1CC(C)(C)F. The number of anilines is 1. The quantitative estimate of drug-likeness (QED) is 0.273. The lowest BCUT2D eigenvalue weighted by Crippen LogP contribution is -2.48. The van der Waals surface area contributed by atoms with E-state index in [1.165, 1.54) is 26.0 Å². The Balaban J connectivity index is 1.26. The number of aliphatic carboxylic acids is 1. The molecule has 46 heavy (non-hydrogen) atoms. The van der Waals surface area contributed by atoms with Crippen molar-refractivity contribution in [2.45, 2.75) is 70.8 Å². The number of rotatable bonds is 9. The maximum absolute atomic E-state index is 16.3. The Labute approximate surface area is 269 Å². The highest BCUT2D eigenvalue weighted by Crippen LogP contribution is 2.45. The zero-order valence-electron chi connectivity index (χ0n) is 26.9. The summed E-state index contributed by atoms with van der Waals surface area (Å²) in [5.41, 5.74) is 1.65. The summed E-state index contributed by atoms with van der Waals surface area (Å²) in [6, 6.07) is 17.4. The summed E-state index contributed by atoms with van der Waals surface area (Å²) < 4.78 is 53.8. The molecule has 3 aromatic carbocycles. The number of benzene rings is 3. The highest BCUT2D eigenvalue weighted by atomic mass is 19.1. The van der Waals surface area contributed by atoms with E-state index in [9.17, 15) is 9.90 Å². The van der Waals surface area contributed by atoms with E-state index >= 15 is 13.2 Å². The molecule has 0 radical (unpaired) electrons. The van der Waals surface area contributed by atoms with E-state index in [4.69, 9.17) is 4.74 Å². The summed E-state index contributed by atoms with van der Waals surface area (Å²) in [5, 5.41) is 9.19. The van der Waals surface area contributed by atoms with Crippen LogP contribution < -0.4 is 9.64 Å². The molecule has 246 valence electrons. The number of fused-ring (bicyclic) bond motifs is 1. The molecule has 0 aliphatic carbocycles. The van der Waals surface area contributed by atoms with Crippen molar-refractivity contribution in [2.24, 2.45) is 5.41 Å². The number of nitrogens with zero attached hydrogens (tertiary/aromatic N) is 3. The molecule has 1 N–H and O–H groups in total. The molecule has 2 fully saturated rings. The summed E-state index contributed by atoms with van der Waals surface area (Å²) in [6.45, 7) is 8.26. The normalized spacial score (nSPS) is 21.8. The molecule has 0 saturated carbocycles. The van der Waals surface area contributed by atoms with Crippen molar-refractivity contribution >= 4 is 11.7 Å². The van der Waals surface area contributed by atoms with Crippen molar-refractivity contribution in [3.8, 4) is 5.75 Å². The maximum atomic E-state index is 16.3. The maximum Gasteiger partial charge on any atom is 0.317 e. The molecule has 3 heterocycles. The van der Waals surface area contributed by atoms with E-state index in [0.717, 1.165) is 49.0 Å². The summed E-state index contributed by atoms with van der Waals surface area (Å²) in [6.07, 6.45) is 3.23. The van der Waals surface area contributed by atoms with Gasteiger partial charge in [0.1, 0.15) is 29.7 Å². The fourth-order valence-electron chi connectivity index (χ4n) is 7.74. The zero-order chi connectivity index (χ0) is 32.6. The van der Waals surface area contributed by atoms with Crippen LogP contribution >= 0.6 is 0 Å². The molecule has 3 aliphatic rings. The first kappa shape index (κ1) is 32.4. The van der Waals surface area contributed by atoms with Crippen molar-refractivity contribution in [2.75, 3.05) is 44.2 Å². The Morgan fingerprint density at radius 2 is 1.67 bits per heavy atom. The van der Waals surface area contributed by atoms with Gasteiger partial charge in [0.2, 0.25) is 0 Å². The topological polar surface area (TPSA) is 56.3 Å². The number of hydrogen-bond acceptors (Lipinski definition) is 5. The molecule has 6 rings (SSSR count). The molecule has 2 atom stereocenters. The van der Waals surface area contributed by atoms with Crippen LogP contribution in [0.25, 0.3) is 0 Å². The third-order valence-electron chi connectivity index (χ3n) is 10.0. The molecular weight excluding hydrogens is 591 g/mol. The fraction of sp³-hybridized carbons (Fsp3) is 0.486. The van der Waals surface area contributed by atoms with E-state index in [-0.39, 0.29) is 30.1 Å². The summed E-state index contributed by atoms with van der Waals surface area (Å²) in [7, 11) is 0. The average Bonchev–Trinajstić information content (AvgIpc) is 3.38. The summed E-state index contributed by atoms with van der Waals surface area (Å²) in [4.78, 5) is 17.1. The molecule has 9 heteroatoms. The van der Waals surface area contributed by atoms with Crippen molar-refractivity contribution in [1.82, 2.24) is 9.80 Å². The number of hydrogen-bond donors (Lipinski definition) is 1. The van der Waals surface area contributed by atoms with Gasteiger partial charge < -0.3 is 14.7 Å². The number of ether oxygens (including phenoxy) is 1. The van der Waals surface area contributed by atoms with Gasteiger partial charge in [0.15, 0.2) is 0 Å². The van der Waals surface area contributed by atoms with E-state index < -0.39 is 29.3 Å². The Bertz CT molecular complexity index is 1530. The molecule has 3 aromatic rings. The van der Waals surface area contributed by atoms with E-state index in [0.29, 0.717) is 37.6 Å². The van der Waals surface area contributed by atoms with Crippen molar-refractivity contribution in [3.05, 3.63) is 94.6 Å². The van der Waals surface area contributed by atoms with E-state index in [1.807, 2.05) is 70.2 Å². The molecule has 0 aromatic heterocycles. The minimum absolute atomic E-state index is 0.0261. The lowest BCUT2D eigenvalue weighted by molar-refractivity contribution is -0.138. The van der Waals surface area contributed by atoms with Gasteiger partial charge in [-0.25, -0.2) is 13.2 Å².